The zero-order valence-corrected chi connectivity index (χ0v) is 14.5. The summed E-state index contributed by atoms with van der Waals surface area (Å²) in [5.74, 6) is -0.183. The molecule has 26 heavy (non-hydrogen) atoms. The number of carbonyl (C=O) groups excluding carboxylic acids is 1. The van der Waals surface area contributed by atoms with Gasteiger partial charge in [0.2, 0.25) is 0 Å². The summed E-state index contributed by atoms with van der Waals surface area (Å²) in [6.07, 6.45) is 0.296. The maximum atomic E-state index is 13.7. The lowest BCUT2D eigenvalue weighted by Gasteiger charge is -2.13. The molecular formula is C20H18FNO4. The van der Waals surface area contributed by atoms with Crippen LogP contribution in [-0.4, -0.2) is 26.4 Å². The molecule has 134 valence electrons. The Morgan fingerprint density at radius 3 is 2.73 bits per heavy atom. The molecule has 4 rings (SSSR count). The molecule has 0 aliphatic carbocycles. The molecular weight excluding hydrogens is 337 g/mol. The molecule has 0 bridgehead atoms. The molecule has 0 atom stereocenters. The van der Waals surface area contributed by atoms with Gasteiger partial charge in [0.25, 0.3) is 5.91 Å². The number of anilines is 1. The third kappa shape index (κ3) is 2.77. The number of halogens is 1. The summed E-state index contributed by atoms with van der Waals surface area (Å²) in [4.78, 5) is 12.4. The number of amides is 1. The highest BCUT2D eigenvalue weighted by molar-refractivity contribution is 6.36. The van der Waals surface area contributed by atoms with Crippen molar-refractivity contribution in [3.63, 3.8) is 0 Å². The van der Waals surface area contributed by atoms with E-state index in [-0.39, 0.29) is 12.2 Å². The number of nitrogens with one attached hydrogen (secondary N) is 1. The summed E-state index contributed by atoms with van der Waals surface area (Å²) >= 11 is 0. The van der Waals surface area contributed by atoms with Crippen LogP contribution in [0.15, 0.2) is 36.4 Å². The summed E-state index contributed by atoms with van der Waals surface area (Å²) in [5.41, 5.74) is 4.37. The lowest BCUT2D eigenvalue weighted by molar-refractivity contribution is -0.110. The van der Waals surface area contributed by atoms with Gasteiger partial charge in [-0.3, -0.25) is 4.79 Å². The van der Waals surface area contributed by atoms with Crippen molar-refractivity contribution in [1.29, 1.82) is 0 Å². The van der Waals surface area contributed by atoms with Gasteiger partial charge in [-0.1, -0.05) is 18.2 Å². The standard InChI is InChI=1S/C20H18FNO4/c1-24-17(25-2)8-11-3-5-14-12(7-11)10-26-19(14)18-15-9-13(21)4-6-16(15)22-20(18)23/h3-7,9,17H,8,10H2,1-2H3,(H,22,23)/b19-18+. The molecule has 2 aromatic carbocycles. The molecule has 0 saturated heterocycles. The fraction of sp³-hybridized carbons (Fsp3) is 0.250. The van der Waals surface area contributed by atoms with Gasteiger partial charge in [-0.05, 0) is 23.8 Å². The quantitative estimate of drug-likeness (QED) is 0.675. The maximum absolute atomic E-state index is 13.7. The van der Waals surface area contributed by atoms with Crippen LogP contribution < -0.4 is 5.32 Å². The van der Waals surface area contributed by atoms with Crippen LogP contribution in [0.3, 0.4) is 0 Å². The van der Waals surface area contributed by atoms with Gasteiger partial charge in [-0.25, -0.2) is 4.39 Å². The van der Waals surface area contributed by atoms with E-state index in [0.717, 1.165) is 16.7 Å². The first-order valence-corrected chi connectivity index (χ1v) is 8.27. The lowest BCUT2D eigenvalue weighted by atomic mass is 9.98. The van der Waals surface area contributed by atoms with Crippen molar-refractivity contribution in [1.82, 2.24) is 0 Å². The van der Waals surface area contributed by atoms with Crippen molar-refractivity contribution in [2.75, 3.05) is 19.5 Å². The number of rotatable bonds is 4. The average molecular weight is 355 g/mol. The monoisotopic (exact) mass is 355 g/mol. The Hall–Kier alpha value is -2.70. The average Bonchev–Trinajstić information content (AvgIpc) is 3.18. The molecule has 0 aromatic heterocycles. The van der Waals surface area contributed by atoms with Gasteiger partial charge in [0, 0.05) is 43.0 Å². The van der Waals surface area contributed by atoms with Crippen LogP contribution >= 0.6 is 0 Å². The molecule has 1 amide bonds. The SMILES string of the molecule is COC(Cc1ccc2c(c1)CO/C2=C1/C(=O)Nc2ccc(F)cc21)OC. The van der Waals surface area contributed by atoms with Crippen LogP contribution in [0.25, 0.3) is 11.3 Å². The highest BCUT2D eigenvalue weighted by Gasteiger charge is 2.32. The van der Waals surface area contributed by atoms with Gasteiger partial charge in [0.15, 0.2) is 6.29 Å². The van der Waals surface area contributed by atoms with Crippen LogP contribution in [0.2, 0.25) is 0 Å². The van der Waals surface area contributed by atoms with E-state index >= 15 is 0 Å². The van der Waals surface area contributed by atoms with Gasteiger partial charge in [-0.2, -0.15) is 0 Å². The highest BCUT2D eigenvalue weighted by Crippen LogP contribution is 2.42. The van der Waals surface area contributed by atoms with Crippen molar-refractivity contribution < 1.29 is 23.4 Å². The van der Waals surface area contributed by atoms with E-state index in [1.165, 1.54) is 12.1 Å². The van der Waals surface area contributed by atoms with Crippen LogP contribution in [0.1, 0.15) is 22.3 Å². The highest BCUT2D eigenvalue weighted by atomic mass is 19.1. The minimum Gasteiger partial charge on any atom is -0.487 e. The zero-order valence-electron chi connectivity index (χ0n) is 14.5. The molecule has 2 aliphatic rings. The van der Waals surface area contributed by atoms with Gasteiger partial charge in [0.05, 0.1) is 5.57 Å². The summed E-state index contributed by atoms with van der Waals surface area (Å²) in [7, 11) is 3.20. The molecule has 0 spiro atoms. The maximum Gasteiger partial charge on any atom is 0.260 e. The second-order valence-electron chi connectivity index (χ2n) is 6.23. The molecule has 2 heterocycles. The first-order valence-electron chi connectivity index (χ1n) is 8.27. The largest absolute Gasteiger partial charge is 0.487 e. The van der Waals surface area contributed by atoms with E-state index in [9.17, 15) is 9.18 Å². The van der Waals surface area contributed by atoms with Crippen LogP contribution in [0, 0.1) is 5.82 Å². The second-order valence-corrected chi connectivity index (χ2v) is 6.23. The van der Waals surface area contributed by atoms with E-state index in [1.54, 1.807) is 20.3 Å². The summed E-state index contributed by atoms with van der Waals surface area (Å²) in [6.45, 7) is 0.366. The summed E-state index contributed by atoms with van der Waals surface area (Å²) < 4.78 is 30.0. The van der Waals surface area contributed by atoms with E-state index in [1.807, 2.05) is 18.2 Å². The minimum absolute atomic E-state index is 0.281. The van der Waals surface area contributed by atoms with Gasteiger partial charge < -0.3 is 19.5 Å². The number of fused-ring (bicyclic) bond motifs is 2. The molecule has 0 fully saturated rings. The fourth-order valence-corrected chi connectivity index (χ4v) is 3.37. The van der Waals surface area contributed by atoms with E-state index in [2.05, 4.69) is 5.32 Å². The second kappa shape index (κ2) is 6.55. The Balaban J connectivity index is 1.74. The molecule has 0 saturated carbocycles. The van der Waals surface area contributed by atoms with Gasteiger partial charge >= 0.3 is 0 Å². The smallest absolute Gasteiger partial charge is 0.260 e. The molecule has 6 heteroatoms. The third-order valence-electron chi connectivity index (χ3n) is 4.67. The van der Waals surface area contributed by atoms with E-state index in [4.69, 9.17) is 14.2 Å². The Morgan fingerprint density at radius 2 is 1.96 bits per heavy atom. The van der Waals surface area contributed by atoms with Crippen molar-refractivity contribution >= 4 is 22.9 Å². The number of ether oxygens (including phenoxy) is 3. The van der Waals surface area contributed by atoms with Gasteiger partial charge in [-0.15, -0.1) is 0 Å². The summed E-state index contributed by atoms with van der Waals surface area (Å²) in [6, 6.07) is 10.1. The normalized spacial score (nSPS) is 17.9. The first kappa shape index (κ1) is 16.8. The van der Waals surface area contributed by atoms with Crippen LogP contribution in [0.4, 0.5) is 10.1 Å². The number of methoxy groups -OCH3 is 2. The first-order chi connectivity index (χ1) is 12.6. The Labute approximate surface area is 150 Å². The van der Waals surface area contributed by atoms with Crippen LogP contribution in [0.5, 0.6) is 0 Å². The number of carbonyl (C=O) groups is 1. The predicted molar refractivity (Wildman–Crippen MR) is 94.6 cm³/mol. The minimum atomic E-state index is -0.392. The number of hydrogen-bond acceptors (Lipinski definition) is 4. The lowest BCUT2D eigenvalue weighted by Crippen LogP contribution is -2.16. The van der Waals surface area contributed by atoms with Crippen molar-refractivity contribution in [2.24, 2.45) is 0 Å². The van der Waals surface area contributed by atoms with Crippen molar-refractivity contribution in [3.8, 4) is 0 Å². The van der Waals surface area contributed by atoms with Crippen molar-refractivity contribution in [2.45, 2.75) is 19.3 Å². The molecule has 0 unspecified atom stereocenters. The van der Waals surface area contributed by atoms with E-state index in [0.29, 0.717) is 35.6 Å². The Kier molecular flexibility index (Phi) is 4.22. The number of benzene rings is 2. The number of hydrogen-bond donors (Lipinski definition) is 1. The van der Waals surface area contributed by atoms with Gasteiger partial charge in [0.1, 0.15) is 18.2 Å². The molecule has 0 radical (unpaired) electrons. The Bertz CT molecular complexity index is 918. The molecule has 2 aromatic rings. The van der Waals surface area contributed by atoms with E-state index < -0.39 is 5.82 Å². The topological polar surface area (TPSA) is 56.8 Å². The Morgan fingerprint density at radius 1 is 1.15 bits per heavy atom. The molecule has 5 nitrogen and oxygen atoms in total. The summed E-state index contributed by atoms with van der Waals surface area (Å²) in [5, 5.41) is 2.76. The molecule has 1 N–H and O–H groups in total. The molecule has 2 aliphatic heterocycles. The predicted octanol–water partition coefficient (Wildman–Crippen LogP) is 3.34. The van der Waals surface area contributed by atoms with Crippen LogP contribution in [-0.2, 0) is 32.0 Å². The van der Waals surface area contributed by atoms with Crippen molar-refractivity contribution in [3.05, 3.63) is 64.5 Å². The fourth-order valence-electron chi connectivity index (χ4n) is 3.37. The zero-order chi connectivity index (χ0) is 18.3. The third-order valence-corrected chi connectivity index (χ3v) is 4.67.